The van der Waals surface area contributed by atoms with E-state index >= 15 is 0 Å². The van der Waals surface area contributed by atoms with Gasteiger partial charge in [-0.25, -0.2) is 12.8 Å². The second-order valence-electron chi connectivity index (χ2n) is 7.35. The molecular formula is C24H25FN2O4S. The third-order valence-electron chi connectivity index (χ3n) is 5.04. The van der Waals surface area contributed by atoms with Crippen LogP contribution in [-0.4, -0.2) is 27.7 Å². The summed E-state index contributed by atoms with van der Waals surface area (Å²) in [7, 11) is -2.11. The minimum Gasteiger partial charge on any atom is -0.496 e. The number of hydrogen-bond acceptors (Lipinski definition) is 4. The van der Waals surface area contributed by atoms with Crippen molar-refractivity contribution in [3.8, 4) is 5.75 Å². The molecule has 0 saturated heterocycles. The van der Waals surface area contributed by atoms with Gasteiger partial charge in [-0.1, -0.05) is 36.4 Å². The van der Waals surface area contributed by atoms with Crippen molar-refractivity contribution >= 4 is 21.6 Å². The maximum atomic E-state index is 14.1. The van der Waals surface area contributed by atoms with Crippen molar-refractivity contribution in [1.82, 2.24) is 5.32 Å². The van der Waals surface area contributed by atoms with Crippen LogP contribution >= 0.6 is 0 Å². The fourth-order valence-corrected chi connectivity index (χ4v) is 4.22. The van der Waals surface area contributed by atoms with Gasteiger partial charge in [-0.15, -0.1) is 0 Å². The number of hydrogen-bond donors (Lipinski definition) is 1. The fraction of sp³-hybridized carbons (Fsp3) is 0.208. The van der Waals surface area contributed by atoms with Crippen molar-refractivity contribution in [3.05, 3.63) is 95.3 Å². The lowest BCUT2D eigenvalue weighted by molar-refractivity contribution is 0.0939. The number of benzene rings is 3. The maximum Gasteiger partial charge on any atom is 0.251 e. The highest BCUT2D eigenvalue weighted by Crippen LogP contribution is 2.25. The normalized spacial score (nSPS) is 12.1. The highest BCUT2D eigenvalue weighted by molar-refractivity contribution is 7.92. The molecule has 1 atom stereocenters. The van der Waals surface area contributed by atoms with Crippen LogP contribution in [0.25, 0.3) is 0 Å². The van der Waals surface area contributed by atoms with Gasteiger partial charge >= 0.3 is 0 Å². The molecule has 0 aliphatic carbocycles. The third kappa shape index (κ3) is 5.45. The van der Waals surface area contributed by atoms with E-state index in [1.54, 1.807) is 31.4 Å². The van der Waals surface area contributed by atoms with E-state index in [0.29, 0.717) is 17.0 Å². The molecule has 0 fully saturated rings. The molecule has 168 valence electrons. The first-order chi connectivity index (χ1) is 15.2. The molecular weight excluding hydrogens is 431 g/mol. The maximum absolute atomic E-state index is 14.1. The Hall–Kier alpha value is -3.39. The predicted molar refractivity (Wildman–Crippen MR) is 123 cm³/mol. The first-order valence-corrected chi connectivity index (χ1v) is 11.8. The van der Waals surface area contributed by atoms with Gasteiger partial charge in [-0.05, 0) is 43.3 Å². The molecule has 3 aromatic rings. The molecule has 0 aliphatic heterocycles. The second kappa shape index (κ2) is 9.82. The number of sulfonamides is 1. The van der Waals surface area contributed by atoms with Gasteiger partial charge in [0.1, 0.15) is 11.6 Å². The van der Waals surface area contributed by atoms with Crippen molar-refractivity contribution in [2.75, 3.05) is 17.7 Å². The van der Waals surface area contributed by atoms with Crippen molar-refractivity contribution in [2.24, 2.45) is 0 Å². The summed E-state index contributed by atoms with van der Waals surface area (Å²) < 4.78 is 45.2. The van der Waals surface area contributed by atoms with E-state index < -0.39 is 15.8 Å². The molecule has 3 rings (SSSR count). The van der Waals surface area contributed by atoms with Crippen molar-refractivity contribution in [3.63, 3.8) is 0 Å². The Morgan fingerprint density at radius 3 is 2.28 bits per heavy atom. The van der Waals surface area contributed by atoms with Crippen LogP contribution in [-0.2, 0) is 16.6 Å². The van der Waals surface area contributed by atoms with Crippen LogP contribution < -0.4 is 14.4 Å². The molecule has 0 heterocycles. The van der Waals surface area contributed by atoms with Gasteiger partial charge in [-0.3, -0.25) is 9.10 Å². The number of ether oxygens (including phenoxy) is 1. The lowest BCUT2D eigenvalue weighted by atomic mass is 10.1. The van der Waals surface area contributed by atoms with Gasteiger partial charge < -0.3 is 10.1 Å². The van der Waals surface area contributed by atoms with Gasteiger partial charge in [-0.2, -0.15) is 0 Å². The zero-order valence-electron chi connectivity index (χ0n) is 18.1. The SMILES string of the molecule is COc1ccccc1C(C)NC(=O)c1ccc(N(Cc2ccccc2F)S(C)(=O)=O)cc1. The molecule has 3 aromatic carbocycles. The number of nitrogens with one attached hydrogen (secondary N) is 1. The molecule has 32 heavy (non-hydrogen) atoms. The standard InChI is InChI=1S/C24H25FN2O4S/c1-17(21-9-5-7-11-23(21)31-2)26-24(28)18-12-14-20(15-13-18)27(32(3,29)30)16-19-8-4-6-10-22(19)25/h4-15,17H,16H2,1-3H3,(H,26,28). The number of rotatable bonds is 8. The molecule has 0 saturated carbocycles. The number of methoxy groups -OCH3 is 1. The van der Waals surface area contributed by atoms with E-state index in [2.05, 4.69) is 5.32 Å². The van der Waals surface area contributed by atoms with Crippen LogP contribution in [0.3, 0.4) is 0 Å². The first-order valence-electron chi connectivity index (χ1n) is 9.95. The Kier molecular flexibility index (Phi) is 7.15. The summed E-state index contributed by atoms with van der Waals surface area (Å²) >= 11 is 0. The summed E-state index contributed by atoms with van der Waals surface area (Å²) in [4.78, 5) is 12.7. The number of carbonyl (C=O) groups excluding carboxylic acids is 1. The molecule has 1 unspecified atom stereocenters. The number of nitrogens with zero attached hydrogens (tertiary/aromatic N) is 1. The summed E-state index contributed by atoms with van der Waals surface area (Å²) in [5.74, 6) is -0.120. The van der Waals surface area contributed by atoms with Crippen molar-refractivity contribution in [2.45, 2.75) is 19.5 Å². The van der Waals surface area contributed by atoms with Crippen LogP contribution in [0.2, 0.25) is 0 Å². The van der Waals surface area contributed by atoms with E-state index in [9.17, 15) is 17.6 Å². The zero-order valence-corrected chi connectivity index (χ0v) is 18.9. The summed E-state index contributed by atoms with van der Waals surface area (Å²) in [6.07, 6.45) is 1.06. The van der Waals surface area contributed by atoms with Crippen molar-refractivity contribution < 1.29 is 22.3 Å². The van der Waals surface area contributed by atoms with Crippen LogP contribution in [0, 0.1) is 5.82 Å². The molecule has 0 bridgehead atoms. The topological polar surface area (TPSA) is 75.7 Å². The fourth-order valence-electron chi connectivity index (χ4n) is 3.34. The van der Waals surface area contributed by atoms with E-state index in [-0.39, 0.29) is 24.1 Å². The zero-order chi connectivity index (χ0) is 23.3. The molecule has 6 nitrogen and oxygen atoms in total. The molecule has 0 aromatic heterocycles. The lowest BCUT2D eigenvalue weighted by Gasteiger charge is -2.23. The van der Waals surface area contributed by atoms with E-state index in [1.807, 2.05) is 31.2 Å². The molecule has 0 spiro atoms. The average molecular weight is 457 g/mol. The third-order valence-corrected chi connectivity index (χ3v) is 6.18. The van der Waals surface area contributed by atoms with Crippen LogP contribution in [0.15, 0.2) is 72.8 Å². The van der Waals surface area contributed by atoms with Gasteiger partial charge in [0.25, 0.3) is 5.91 Å². The van der Waals surface area contributed by atoms with Crippen LogP contribution in [0.5, 0.6) is 5.75 Å². The molecule has 8 heteroatoms. The Balaban J connectivity index is 1.79. The Morgan fingerprint density at radius 2 is 1.66 bits per heavy atom. The van der Waals surface area contributed by atoms with E-state index in [0.717, 1.165) is 16.1 Å². The van der Waals surface area contributed by atoms with Gasteiger partial charge in [0, 0.05) is 16.7 Å². The van der Waals surface area contributed by atoms with Crippen LogP contribution in [0.1, 0.15) is 34.5 Å². The number of anilines is 1. The molecule has 1 N–H and O–H groups in total. The highest BCUT2D eigenvalue weighted by Gasteiger charge is 2.20. The summed E-state index contributed by atoms with van der Waals surface area (Å²) in [6, 6.07) is 19.3. The average Bonchev–Trinajstić information content (AvgIpc) is 2.77. The Bertz CT molecular complexity index is 1200. The first kappa shape index (κ1) is 23.3. The monoisotopic (exact) mass is 456 g/mol. The van der Waals surface area contributed by atoms with Crippen molar-refractivity contribution in [1.29, 1.82) is 0 Å². The molecule has 0 aliphatic rings. The predicted octanol–water partition coefficient (Wildman–Crippen LogP) is 4.29. The lowest BCUT2D eigenvalue weighted by Crippen LogP contribution is -2.30. The Morgan fingerprint density at radius 1 is 1.03 bits per heavy atom. The highest BCUT2D eigenvalue weighted by atomic mass is 32.2. The summed E-state index contributed by atoms with van der Waals surface area (Å²) in [5, 5.41) is 2.91. The minimum atomic E-state index is -3.68. The molecule has 0 radical (unpaired) electrons. The number of amides is 1. The second-order valence-corrected chi connectivity index (χ2v) is 9.25. The number of halogens is 1. The molecule has 1 amide bonds. The van der Waals surface area contributed by atoms with Gasteiger partial charge in [0.15, 0.2) is 0 Å². The number of para-hydroxylation sites is 1. The summed E-state index contributed by atoms with van der Waals surface area (Å²) in [5.41, 5.74) is 1.80. The van der Waals surface area contributed by atoms with Gasteiger partial charge in [0.2, 0.25) is 10.0 Å². The largest absolute Gasteiger partial charge is 0.496 e. The van der Waals surface area contributed by atoms with E-state index in [4.69, 9.17) is 4.74 Å². The van der Waals surface area contributed by atoms with Crippen LogP contribution in [0.4, 0.5) is 10.1 Å². The Labute approximate surface area is 187 Å². The van der Waals surface area contributed by atoms with Gasteiger partial charge in [0.05, 0.1) is 31.6 Å². The number of carbonyl (C=O) groups is 1. The minimum absolute atomic E-state index is 0.151. The van der Waals surface area contributed by atoms with E-state index in [1.165, 1.54) is 24.3 Å². The smallest absolute Gasteiger partial charge is 0.251 e. The summed E-state index contributed by atoms with van der Waals surface area (Å²) in [6.45, 7) is 1.70. The quantitative estimate of drug-likeness (QED) is 0.549.